The second kappa shape index (κ2) is 6.75. The highest BCUT2D eigenvalue weighted by molar-refractivity contribution is 6.31. The van der Waals surface area contributed by atoms with Gasteiger partial charge in [0, 0.05) is 17.5 Å². The molecule has 1 heterocycles. The van der Waals surface area contributed by atoms with Crippen molar-refractivity contribution in [2.24, 2.45) is 5.92 Å². The van der Waals surface area contributed by atoms with Crippen LogP contribution in [0, 0.1) is 5.92 Å². The normalized spacial score (nSPS) is 18.5. The number of carbonyl (C=O) groups excluding carboxylic acids is 1. The molecule has 19 heavy (non-hydrogen) atoms. The lowest BCUT2D eigenvalue weighted by Gasteiger charge is -2.10. The number of benzene rings is 1. The van der Waals surface area contributed by atoms with Gasteiger partial charge in [0.05, 0.1) is 24.6 Å². The molecule has 0 bridgehead atoms. The first kappa shape index (κ1) is 14.1. The van der Waals surface area contributed by atoms with Crippen LogP contribution in [0.2, 0.25) is 5.02 Å². The van der Waals surface area contributed by atoms with Crippen LogP contribution in [0.15, 0.2) is 18.2 Å². The van der Waals surface area contributed by atoms with E-state index in [0.717, 1.165) is 13.0 Å². The first-order valence-corrected chi connectivity index (χ1v) is 6.53. The molecular formula is C13H17ClN2O3. The van der Waals surface area contributed by atoms with Crippen molar-refractivity contribution in [1.82, 2.24) is 0 Å². The van der Waals surface area contributed by atoms with Crippen LogP contribution in [0.5, 0.6) is 0 Å². The minimum Gasteiger partial charge on any atom is -0.397 e. The maximum Gasteiger partial charge on any atom is 0.250 e. The number of nitrogens with one attached hydrogen (secondary N) is 1. The van der Waals surface area contributed by atoms with Gasteiger partial charge in [-0.3, -0.25) is 4.79 Å². The Balaban J connectivity index is 1.74. The lowest BCUT2D eigenvalue weighted by molar-refractivity contribution is -0.121. The fourth-order valence-corrected chi connectivity index (χ4v) is 2.05. The monoisotopic (exact) mass is 284 g/mol. The Morgan fingerprint density at radius 3 is 3.11 bits per heavy atom. The largest absolute Gasteiger partial charge is 0.397 e. The van der Waals surface area contributed by atoms with E-state index in [-0.39, 0.29) is 12.5 Å². The van der Waals surface area contributed by atoms with Gasteiger partial charge in [0.25, 0.3) is 0 Å². The number of ether oxygens (including phenoxy) is 2. The van der Waals surface area contributed by atoms with Gasteiger partial charge in [-0.2, -0.15) is 0 Å². The lowest BCUT2D eigenvalue weighted by Crippen LogP contribution is -2.21. The van der Waals surface area contributed by atoms with E-state index in [1.165, 1.54) is 0 Å². The van der Waals surface area contributed by atoms with Gasteiger partial charge in [0.2, 0.25) is 5.91 Å². The highest BCUT2D eigenvalue weighted by Crippen LogP contribution is 2.22. The molecule has 0 spiro atoms. The van der Waals surface area contributed by atoms with Crippen molar-refractivity contribution in [3.8, 4) is 0 Å². The zero-order chi connectivity index (χ0) is 13.7. The molecule has 2 rings (SSSR count). The Morgan fingerprint density at radius 1 is 1.58 bits per heavy atom. The zero-order valence-corrected chi connectivity index (χ0v) is 11.3. The topological polar surface area (TPSA) is 73.6 Å². The van der Waals surface area contributed by atoms with Gasteiger partial charge < -0.3 is 20.5 Å². The second-order valence-corrected chi connectivity index (χ2v) is 4.96. The third-order valence-electron chi connectivity index (χ3n) is 2.90. The number of anilines is 2. The molecule has 5 nitrogen and oxygen atoms in total. The summed E-state index contributed by atoms with van der Waals surface area (Å²) in [5.41, 5.74) is 6.72. The van der Waals surface area contributed by atoms with Crippen LogP contribution in [-0.2, 0) is 14.3 Å². The Kier molecular flexibility index (Phi) is 5.01. The van der Waals surface area contributed by atoms with Gasteiger partial charge in [-0.1, -0.05) is 11.6 Å². The summed E-state index contributed by atoms with van der Waals surface area (Å²) in [7, 11) is 0. The molecule has 0 saturated carbocycles. The van der Waals surface area contributed by atoms with E-state index in [4.69, 9.17) is 26.8 Å². The second-order valence-electron chi connectivity index (χ2n) is 4.52. The van der Waals surface area contributed by atoms with Crippen LogP contribution in [0.25, 0.3) is 0 Å². The molecule has 1 amide bonds. The molecule has 1 atom stereocenters. The SMILES string of the molecule is Nc1cc(Cl)ccc1NC(=O)COCC1CCOC1. The van der Waals surface area contributed by atoms with Crippen molar-refractivity contribution in [1.29, 1.82) is 0 Å². The quantitative estimate of drug-likeness (QED) is 0.810. The molecular weight excluding hydrogens is 268 g/mol. The number of carbonyl (C=O) groups is 1. The lowest BCUT2D eigenvalue weighted by atomic mass is 10.1. The fraction of sp³-hybridized carbons (Fsp3) is 0.462. The van der Waals surface area contributed by atoms with Crippen molar-refractivity contribution in [3.63, 3.8) is 0 Å². The number of hydrogen-bond acceptors (Lipinski definition) is 4. The summed E-state index contributed by atoms with van der Waals surface area (Å²) in [6.07, 6.45) is 0.992. The van der Waals surface area contributed by atoms with E-state index < -0.39 is 0 Å². The minimum absolute atomic E-state index is 0.0125. The van der Waals surface area contributed by atoms with Crippen molar-refractivity contribution in [2.75, 3.05) is 37.5 Å². The summed E-state index contributed by atoms with van der Waals surface area (Å²) >= 11 is 5.78. The van der Waals surface area contributed by atoms with Crippen LogP contribution in [0.1, 0.15) is 6.42 Å². The summed E-state index contributed by atoms with van der Waals surface area (Å²) in [5.74, 6) is 0.168. The Labute approximate surface area is 117 Å². The average molecular weight is 285 g/mol. The highest BCUT2D eigenvalue weighted by Gasteiger charge is 2.16. The van der Waals surface area contributed by atoms with Crippen molar-refractivity contribution < 1.29 is 14.3 Å². The number of hydrogen-bond donors (Lipinski definition) is 2. The van der Waals surface area contributed by atoms with Crippen LogP contribution in [-0.4, -0.2) is 32.3 Å². The molecule has 6 heteroatoms. The summed E-state index contributed by atoms with van der Waals surface area (Å²) in [6.45, 7) is 2.05. The summed E-state index contributed by atoms with van der Waals surface area (Å²) in [4.78, 5) is 11.7. The molecule has 104 valence electrons. The zero-order valence-electron chi connectivity index (χ0n) is 10.5. The van der Waals surface area contributed by atoms with Crippen molar-refractivity contribution >= 4 is 28.9 Å². The minimum atomic E-state index is -0.229. The van der Waals surface area contributed by atoms with Gasteiger partial charge in [-0.25, -0.2) is 0 Å². The van der Waals surface area contributed by atoms with Crippen LogP contribution in [0.3, 0.4) is 0 Å². The van der Waals surface area contributed by atoms with E-state index in [2.05, 4.69) is 5.32 Å². The molecule has 1 aliphatic rings. The smallest absolute Gasteiger partial charge is 0.250 e. The fourth-order valence-electron chi connectivity index (χ4n) is 1.87. The Bertz CT molecular complexity index is 448. The van der Waals surface area contributed by atoms with Crippen LogP contribution < -0.4 is 11.1 Å². The molecule has 1 saturated heterocycles. The molecule has 1 aromatic carbocycles. The molecule has 1 aliphatic heterocycles. The van der Waals surface area contributed by atoms with Gasteiger partial charge in [-0.15, -0.1) is 0 Å². The number of amides is 1. The maximum absolute atomic E-state index is 11.7. The van der Waals surface area contributed by atoms with E-state index in [1.807, 2.05) is 0 Å². The van der Waals surface area contributed by atoms with Gasteiger partial charge in [0.1, 0.15) is 6.61 Å². The summed E-state index contributed by atoms with van der Waals surface area (Å²) in [5, 5.41) is 3.22. The van der Waals surface area contributed by atoms with Gasteiger partial charge >= 0.3 is 0 Å². The molecule has 1 unspecified atom stereocenters. The predicted molar refractivity (Wildman–Crippen MR) is 74.2 cm³/mol. The predicted octanol–water partition coefficient (Wildman–Crippen LogP) is 1.91. The number of nitrogens with two attached hydrogens (primary N) is 1. The standard InChI is InChI=1S/C13H17ClN2O3/c14-10-1-2-12(11(15)5-10)16-13(17)8-19-7-9-3-4-18-6-9/h1-2,5,9H,3-4,6-8,15H2,(H,16,17). The number of halogens is 1. The molecule has 1 fully saturated rings. The third kappa shape index (κ3) is 4.38. The van der Waals surface area contributed by atoms with Gasteiger partial charge in [0.15, 0.2) is 0 Å². The molecule has 0 aliphatic carbocycles. The Morgan fingerprint density at radius 2 is 2.42 bits per heavy atom. The highest BCUT2D eigenvalue weighted by atomic mass is 35.5. The number of nitrogen functional groups attached to an aromatic ring is 1. The molecule has 0 aromatic heterocycles. The van der Waals surface area contributed by atoms with E-state index in [9.17, 15) is 4.79 Å². The third-order valence-corrected chi connectivity index (χ3v) is 3.13. The first-order valence-electron chi connectivity index (χ1n) is 6.15. The summed E-state index contributed by atoms with van der Waals surface area (Å²) in [6, 6.07) is 4.93. The van der Waals surface area contributed by atoms with Crippen LogP contribution >= 0.6 is 11.6 Å². The van der Waals surface area contributed by atoms with Crippen molar-refractivity contribution in [3.05, 3.63) is 23.2 Å². The first-order chi connectivity index (χ1) is 9.15. The van der Waals surface area contributed by atoms with E-state index in [1.54, 1.807) is 18.2 Å². The van der Waals surface area contributed by atoms with Crippen LogP contribution in [0.4, 0.5) is 11.4 Å². The Hall–Kier alpha value is -1.30. The summed E-state index contributed by atoms with van der Waals surface area (Å²) < 4.78 is 10.6. The molecule has 1 aromatic rings. The average Bonchev–Trinajstić information content (AvgIpc) is 2.86. The molecule has 0 radical (unpaired) electrons. The van der Waals surface area contributed by atoms with E-state index in [0.29, 0.717) is 35.5 Å². The molecule has 3 N–H and O–H groups in total. The van der Waals surface area contributed by atoms with Gasteiger partial charge in [-0.05, 0) is 24.6 Å². The van der Waals surface area contributed by atoms with E-state index >= 15 is 0 Å². The van der Waals surface area contributed by atoms with Crippen molar-refractivity contribution in [2.45, 2.75) is 6.42 Å². The number of rotatable bonds is 5. The maximum atomic E-state index is 11.7.